The molecule has 0 bridgehead atoms. The van der Waals surface area contributed by atoms with Gasteiger partial charge in [-0.15, -0.1) is 0 Å². The number of benzene rings is 1. The lowest BCUT2D eigenvalue weighted by Gasteiger charge is -2.23. The van der Waals surface area contributed by atoms with E-state index in [4.69, 9.17) is 15.0 Å². The molecule has 0 saturated carbocycles. The fourth-order valence-electron chi connectivity index (χ4n) is 3.34. The molecule has 0 spiro atoms. The zero-order chi connectivity index (χ0) is 19.5. The van der Waals surface area contributed by atoms with Crippen LogP contribution in [0.15, 0.2) is 41.3 Å². The van der Waals surface area contributed by atoms with Crippen LogP contribution < -0.4 is 10.5 Å². The van der Waals surface area contributed by atoms with Crippen molar-refractivity contribution in [2.75, 3.05) is 18.9 Å². The first-order chi connectivity index (χ1) is 13.7. The lowest BCUT2D eigenvalue weighted by atomic mass is 10.1. The van der Waals surface area contributed by atoms with Gasteiger partial charge in [0.15, 0.2) is 0 Å². The predicted molar refractivity (Wildman–Crippen MR) is 100 cm³/mol. The van der Waals surface area contributed by atoms with Crippen molar-refractivity contribution < 1.29 is 14.1 Å². The van der Waals surface area contributed by atoms with Crippen LogP contribution in [0.25, 0.3) is 11.4 Å². The molecule has 144 valence electrons. The summed E-state index contributed by atoms with van der Waals surface area (Å²) < 4.78 is 11.1. The highest BCUT2D eigenvalue weighted by Crippen LogP contribution is 2.34. The van der Waals surface area contributed by atoms with Gasteiger partial charge in [-0.2, -0.15) is 4.98 Å². The van der Waals surface area contributed by atoms with Crippen LogP contribution in [0.5, 0.6) is 5.75 Å². The van der Waals surface area contributed by atoms with Gasteiger partial charge in [0.1, 0.15) is 23.9 Å². The lowest BCUT2D eigenvalue weighted by molar-refractivity contribution is 0.0706. The summed E-state index contributed by atoms with van der Waals surface area (Å²) in [6, 6.07) is 6.94. The van der Waals surface area contributed by atoms with Crippen LogP contribution in [0.2, 0.25) is 0 Å². The average molecular weight is 380 g/mol. The summed E-state index contributed by atoms with van der Waals surface area (Å²) in [5.74, 6) is 1.40. The van der Waals surface area contributed by atoms with Gasteiger partial charge >= 0.3 is 0 Å². The van der Waals surface area contributed by atoms with Gasteiger partial charge in [-0.1, -0.05) is 17.3 Å². The monoisotopic (exact) mass is 380 g/mol. The van der Waals surface area contributed by atoms with E-state index in [1.807, 2.05) is 19.1 Å². The third kappa shape index (κ3) is 3.26. The van der Waals surface area contributed by atoms with Gasteiger partial charge in [-0.25, -0.2) is 9.97 Å². The van der Waals surface area contributed by atoms with Crippen LogP contribution >= 0.6 is 0 Å². The number of nitrogens with two attached hydrogens (primary N) is 1. The third-order valence-corrected chi connectivity index (χ3v) is 4.64. The summed E-state index contributed by atoms with van der Waals surface area (Å²) in [5, 5.41) is 4.00. The molecule has 0 aliphatic carbocycles. The number of rotatable bonds is 5. The molecule has 1 aliphatic heterocycles. The SMILES string of the molecule is CCOc1ccccc1C(=O)N1CCCC1c1nc(-c2cncnc2N)no1. The molecule has 2 N–H and O–H groups in total. The normalized spacial score (nSPS) is 16.3. The number of hydrogen-bond donors (Lipinski definition) is 1. The van der Waals surface area contributed by atoms with Crippen molar-refractivity contribution in [2.45, 2.75) is 25.8 Å². The minimum atomic E-state index is -0.297. The Morgan fingerprint density at radius 2 is 2.25 bits per heavy atom. The molecule has 9 nitrogen and oxygen atoms in total. The molecule has 3 heterocycles. The van der Waals surface area contributed by atoms with E-state index < -0.39 is 0 Å². The number of amides is 1. The van der Waals surface area contributed by atoms with Crippen molar-refractivity contribution >= 4 is 11.7 Å². The second kappa shape index (κ2) is 7.63. The number of ether oxygens (including phenoxy) is 1. The van der Waals surface area contributed by atoms with Crippen LogP contribution in [0.1, 0.15) is 42.1 Å². The Kier molecular flexibility index (Phi) is 4.88. The first-order valence-corrected chi connectivity index (χ1v) is 9.11. The Morgan fingerprint density at radius 3 is 3.07 bits per heavy atom. The standard InChI is InChI=1S/C19H20N6O3/c1-2-27-15-8-4-3-6-12(15)19(26)25-9-5-7-14(25)18-23-17(24-28-18)13-10-21-11-22-16(13)20/h3-4,6,8,10-11,14H,2,5,7,9H2,1H3,(H2,20,21,22). The quantitative estimate of drug-likeness (QED) is 0.717. The number of nitrogens with zero attached hydrogens (tertiary/aromatic N) is 5. The summed E-state index contributed by atoms with van der Waals surface area (Å²) >= 11 is 0. The van der Waals surface area contributed by atoms with Crippen molar-refractivity contribution in [3.05, 3.63) is 48.2 Å². The molecule has 1 aromatic carbocycles. The summed E-state index contributed by atoms with van der Waals surface area (Å²) in [7, 11) is 0. The van der Waals surface area contributed by atoms with Gasteiger partial charge in [0.2, 0.25) is 11.7 Å². The van der Waals surface area contributed by atoms with Crippen molar-refractivity contribution in [1.82, 2.24) is 25.0 Å². The zero-order valence-corrected chi connectivity index (χ0v) is 15.4. The summed E-state index contributed by atoms with van der Waals surface area (Å²) in [6.07, 6.45) is 4.48. The molecule has 2 aromatic heterocycles. The molecule has 1 aliphatic rings. The first kappa shape index (κ1) is 17.9. The molecule has 0 radical (unpaired) electrons. The molecule has 3 aromatic rings. The molecular weight excluding hydrogens is 360 g/mol. The minimum absolute atomic E-state index is 0.117. The fourth-order valence-corrected chi connectivity index (χ4v) is 3.34. The number of hydrogen-bond acceptors (Lipinski definition) is 8. The van der Waals surface area contributed by atoms with E-state index in [0.717, 1.165) is 12.8 Å². The number of anilines is 1. The van der Waals surface area contributed by atoms with Gasteiger partial charge in [-0.3, -0.25) is 4.79 Å². The maximum atomic E-state index is 13.2. The zero-order valence-electron chi connectivity index (χ0n) is 15.4. The predicted octanol–water partition coefficient (Wildman–Crippen LogP) is 2.48. The summed E-state index contributed by atoms with van der Waals surface area (Å²) in [5.41, 5.74) is 6.88. The van der Waals surface area contributed by atoms with E-state index in [1.54, 1.807) is 17.0 Å². The molecule has 1 atom stereocenters. The van der Waals surface area contributed by atoms with Crippen LogP contribution in [0.3, 0.4) is 0 Å². The second-order valence-corrected chi connectivity index (χ2v) is 6.36. The average Bonchev–Trinajstić information content (AvgIpc) is 3.38. The lowest BCUT2D eigenvalue weighted by Crippen LogP contribution is -2.31. The largest absolute Gasteiger partial charge is 0.493 e. The van der Waals surface area contributed by atoms with Crippen LogP contribution in [-0.4, -0.2) is 44.1 Å². The van der Waals surface area contributed by atoms with Crippen LogP contribution in [0.4, 0.5) is 5.82 Å². The maximum Gasteiger partial charge on any atom is 0.258 e. The molecule has 1 unspecified atom stereocenters. The molecule has 9 heteroatoms. The van der Waals surface area contributed by atoms with Gasteiger partial charge in [0.25, 0.3) is 5.91 Å². The topological polar surface area (TPSA) is 120 Å². The number of carbonyl (C=O) groups excluding carboxylic acids is 1. The Labute approximate surface area is 161 Å². The summed E-state index contributed by atoms with van der Waals surface area (Å²) in [6.45, 7) is 2.98. The van der Waals surface area contributed by atoms with Crippen molar-refractivity contribution in [3.63, 3.8) is 0 Å². The smallest absolute Gasteiger partial charge is 0.258 e. The van der Waals surface area contributed by atoms with E-state index in [-0.39, 0.29) is 17.8 Å². The van der Waals surface area contributed by atoms with E-state index in [2.05, 4.69) is 20.1 Å². The molecule has 1 saturated heterocycles. The second-order valence-electron chi connectivity index (χ2n) is 6.36. The summed E-state index contributed by atoms with van der Waals surface area (Å²) in [4.78, 5) is 27.3. The molecule has 1 fully saturated rings. The van der Waals surface area contributed by atoms with Crippen LogP contribution in [0, 0.1) is 0 Å². The van der Waals surface area contributed by atoms with Gasteiger partial charge in [0, 0.05) is 12.7 Å². The Balaban J connectivity index is 1.61. The number of likely N-dealkylation sites (tertiary alicyclic amines) is 1. The van der Waals surface area contributed by atoms with Gasteiger partial charge < -0.3 is 19.9 Å². The Morgan fingerprint density at radius 1 is 1.39 bits per heavy atom. The molecular formula is C19H20N6O3. The Hall–Kier alpha value is -3.49. The minimum Gasteiger partial charge on any atom is -0.493 e. The van der Waals surface area contributed by atoms with Crippen molar-refractivity contribution in [2.24, 2.45) is 0 Å². The fraction of sp³-hybridized carbons (Fsp3) is 0.316. The van der Waals surface area contributed by atoms with E-state index in [1.165, 1.54) is 12.5 Å². The Bertz CT molecular complexity index is 989. The van der Waals surface area contributed by atoms with Crippen LogP contribution in [-0.2, 0) is 0 Å². The highest BCUT2D eigenvalue weighted by atomic mass is 16.5. The molecule has 1 amide bonds. The third-order valence-electron chi connectivity index (χ3n) is 4.64. The number of nitrogen functional groups attached to an aromatic ring is 1. The van der Waals surface area contributed by atoms with Gasteiger partial charge in [0.05, 0.1) is 17.7 Å². The van der Waals surface area contributed by atoms with E-state index in [0.29, 0.717) is 41.7 Å². The highest BCUT2D eigenvalue weighted by molar-refractivity contribution is 5.97. The number of carbonyl (C=O) groups is 1. The highest BCUT2D eigenvalue weighted by Gasteiger charge is 2.35. The number of para-hydroxylation sites is 1. The van der Waals surface area contributed by atoms with Gasteiger partial charge in [-0.05, 0) is 31.9 Å². The maximum absolute atomic E-state index is 13.2. The number of aromatic nitrogens is 4. The van der Waals surface area contributed by atoms with Crippen molar-refractivity contribution in [1.29, 1.82) is 0 Å². The van der Waals surface area contributed by atoms with E-state index in [9.17, 15) is 4.79 Å². The van der Waals surface area contributed by atoms with Crippen molar-refractivity contribution in [3.8, 4) is 17.1 Å². The first-order valence-electron chi connectivity index (χ1n) is 9.11. The van der Waals surface area contributed by atoms with E-state index >= 15 is 0 Å². The molecule has 4 rings (SSSR count). The molecule has 28 heavy (non-hydrogen) atoms.